The molecule has 2 N–H and O–H groups in total. The zero-order chi connectivity index (χ0) is 37.9. The lowest BCUT2D eigenvalue weighted by atomic mass is 9.58. The Balaban J connectivity index is 1.03. The summed E-state index contributed by atoms with van der Waals surface area (Å²) < 4.78 is 7.16. The van der Waals surface area contributed by atoms with Crippen LogP contribution in [0.3, 0.4) is 0 Å². The molecule has 0 fully saturated rings. The quantitative estimate of drug-likeness (QED) is 0.200. The van der Waals surface area contributed by atoms with E-state index in [1.54, 1.807) is 0 Å². The fraction of sp³-hybridized carbons (Fsp3) is 0.167. The number of benzene rings is 4. The Bertz CT molecular complexity index is 2670. The van der Waals surface area contributed by atoms with Crippen molar-refractivity contribution in [2.75, 3.05) is 0 Å². The molecule has 4 atom stereocenters. The molecule has 57 heavy (non-hydrogen) atoms. The van der Waals surface area contributed by atoms with Crippen molar-refractivity contribution in [2.45, 2.75) is 43.6 Å². The third-order valence-electron chi connectivity index (χ3n) is 13.2. The fourth-order valence-electron chi connectivity index (χ4n) is 10.8. The number of para-hydroxylation sites is 1. The molecule has 3 nitrogen and oxygen atoms in total. The zero-order valence-electron chi connectivity index (χ0n) is 31.9. The maximum atomic E-state index is 8.59. The summed E-state index contributed by atoms with van der Waals surface area (Å²) in [7, 11) is 0. The van der Waals surface area contributed by atoms with E-state index < -0.39 is 0 Å². The molecule has 4 aromatic carbocycles. The van der Waals surface area contributed by atoms with E-state index in [9.17, 15) is 0 Å². The van der Waals surface area contributed by atoms with Crippen LogP contribution in [0.1, 0.15) is 65.5 Å². The highest BCUT2D eigenvalue weighted by Crippen LogP contribution is 2.63. The molecule has 0 bridgehead atoms. The van der Waals surface area contributed by atoms with Crippen molar-refractivity contribution in [3.63, 3.8) is 0 Å². The van der Waals surface area contributed by atoms with Gasteiger partial charge in [0.2, 0.25) is 0 Å². The Hall–Kier alpha value is -6.45. The molecule has 0 saturated heterocycles. The molecule has 276 valence electrons. The predicted octanol–water partition coefficient (Wildman–Crippen LogP) is 12.3. The first-order valence-corrected chi connectivity index (χ1v) is 20.6. The molecule has 4 unspecified atom stereocenters. The van der Waals surface area contributed by atoms with Crippen molar-refractivity contribution < 1.29 is 4.74 Å². The van der Waals surface area contributed by atoms with Crippen LogP contribution in [0.2, 0.25) is 0 Å². The number of nitrogens with one attached hydrogen (secondary N) is 2. The predicted molar refractivity (Wildman–Crippen MR) is 234 cm³/mol. The van der Waals surface area contributed by atoms with E-state index >= 15 is 0 Å². The Kier molecular flexibility index (Phi) is 8.10. The molecule has 0 radical (unpaired) electrons. The Labute approximate surface area is 335 Å². The first-order valence-electron chi connectivity index (χ1n) is 20.6. The van der Waals surface area contributed by atoms with Crippen LogP contribution in [-0.4, -0.2) is 12.3 Å². The smallest absolute Gasteiger partial charge is 0.132 e. The van der Waals surface area contributed by atoms with Gasteiger partial charge in [-0.3, -0.25) is 0 Å². The summed E-state index contributed by atoms with van der Waals surface area (Å²) in [6.07, 6.45) is 32.0. The molecule has 1 spiro atoms. The van der Waals surface area contributed by atoms with Crippen molar-refractivity contribution in [3.8, 4) is 5.75 Å². The minimum Gasteiger partial charge on any atom is -0.485 e. The van der Waals surface area contributed by atoms with Gasteiger partial charge in [0, 0.05) is 34.8 Å². The third-order valence-corrected chi connectivity index (χ3v) is 13.2. The largest absolute Gasteiger partial charge is 0.485 e. The maximum Gasteiger partial charge on any atom is 0.132 e. The summed E-state index contributed by atoms with van der Waals surface area (Å²) >= 11 is 0. The highest BCUT2D eigenvalue weighted by molar-refractivity contribution is 6.11. The van der Waals surface area contributed by atoms with E-state index in [-0.39, 0.29) is 23.4 Å². The first-order chi connectivity index (χ1) is 28.3. The summed E-state index contributed by atoms with van der Waals surface area (Å²) in [5, 5.41) is 12.5. The lowest BCUT2D eigenvalue weighted by Crippen LogP contribution is -2.48. The number of hydrogen-bond acceptors (Lipinski definition) is 3. The van der Waals surface area contributed by atoms with Gasteiger partial charge in [-0.15, -0.1) is 0 Å². The van der Waals surface area contributed by atoms with Crippen LogP contribution in [0.4, 0.5) is 0 Å². The minimum atomic E-state index is -0.284. The molecular weight excluding hydrogens is 693 g/mol. The Morgan fingerprint density at radius 2 is 1.46 bits per heavy atom. The van der Waals surface area contributed by atoms with E-state index in [2.05, 4.69) is 169 Å². The highest BCUT2D eigenvalue weighted by atomic mass is 16.5. The van der Waals surface area contributed by atoms with Gasteiger partial charge in [-0.1, -0.05) is 164 Å². The van der Waals surface area contributed by atoms with E-state index in [1.165, 1.54) is 61.9 Å². The van der Waals surface area contributed by atoms with Crippen molar-refractivity contribution in [3.05, 3.63) is 231 Å². The molecule has 0 aromatic heterocycles. The van der Waals surface area contributed by atoms with E-state index in [0.29, 0.717) is 0 Å². The van der Waals surface area contributed by atoms with Crippen LogP contribution < -0.4 is 10.1 Å². The third kappa shape index (κ3) is 5.15. The lowest BCUT2D eigenvalue weighted by molar-refractivity contribution is 0.138. The summed E-state index contributed by atoms with van der Waals surface area (Å²) in [6, 6.07) is 37.1. The standard InChI is InChI=1S/C54H44N2O/c55-34-44(35-16-3-1-4-17-35)52-43-23-8-7-22-42(43)50(51(56-52)38-18-5-2-6-19-38)37-32-30-36(31-33-37)39-24-15-28-48-53(39)57-49-29-14-13-27-47(49)54(48)45-25-11-9-20-40(45)41-21-10-12-26-46(41)54/h1-7,9-11,13-22,24-25,27-32,34,37,47,49,55-56H,8,12,23,26,33H2/b52-44+,55-34?. The zero-order valence-corrected chi connectivity index (χ0v) is 31.9. The van der Waals surface area contributed by atoms with Gasteiger partial charge >= 0.3 is 0 Å². The SMILES string of the molecule is N=C/C(=C1\NC(c2ccccc2)=C(C2C=CC(c3cccc4c3OC3C=CC=CC3C43C4=C(C=CCC4)c4ccccc43)=CC2)C2=C1CCC=C2)c1ccccc1. The second-order valence-electron chi connectivity index (χ2n) is 16.0. The van der Waals surface area contributed by atoms with Crippen LogP contribution in [-0.2, 0) is 5.41 Å². The molecule has 2 aliphatic heterocycles. The van der Waals surface area contributed by atoms with Crippen LogP contribution >= 0.6 is 0 Å². The maximum absolute atomic E-state index is 8.59. The van der Waals surface area contributed by atoms with E-state index in [4.69, 9.17) is 10.1 Å². The van der Waals surface area contributed by atoms with Gasteiger partial charge in [0.1, 0.15) is 11.9 Å². The lowest BCUT2D eigenvalue weighted by Gasteiger charge is -2.49. The average molecular weight is 737 g/mol. The monoisotopic (exact) mass is 736 g/mol. The Morgan fingerprint density at radius 3 is 2.28 bits per heavy atom. The molecule has 5 aliphatic carbocycles. The molecule has 2 heterocycles. The number of ether oxygens (including phenoxy) is 1. The molecule has 4 aromatic rings. The summed E-state index contributed by atoms with van der Waals surface area (Å²) in [4.78, 5) is 0. The summed E-state index contributed by atoms with van der Waals surface area (Å²) in [5.74, 6) is 1.36. The summed E-state index contributed by atoms with van der Waals surface area (Å²) in [5.41, 5.74) is 18.3. The molecule has 11 rings (SSSR count). The van der Waals surface area contributed by atoms with Crippen molar-refractivity contribution >= 4 is 28.6 Å². The number of allylic oxidation sites excluding steroid dienone is 16. The van der Waals surface area contributed by atoms with Gasteiger partial charge in [0.05, 0.1) is 16.8 Å². The van der Waals surface area contributed by atoms with Gasteiger partial charge in [0.25, 0.3) is 0 Å². The van der Waals surface area contributed by atoms with Gasteiger partial charge in [-0.05, 0) is 93.9 Å². The van der Waals surface area contributed by atoms with E-state index in [1.807, 2.05) is 6.07 Å². The van der Waals surface area contributed by atoms with Crippen molar-refractivity contribution in [2.24, 2.45) is 11.8 Å². The van der Waals surface area contributed by atoms with Gasteiger partial charge in [-0.2, -0.15) is 0 Å². The van der Waals surface area contributed by atoms with Crippen LogP contribution in [0.15, 0.2) is 198 Å². The molecule has 0 saturated carbocycles. The van der Waals surface area contributed by atoms with Crippen LogP contribution in [0.5, 0.6) is 5.75 Å². The van der Waals surface area contributed by atoms with E-state index in [0.717, 1.165) is 65.9 Å². The van der Waals surface area contributed by atoms with Gasteiger partial charge in [0.15, 0.2) is 0 Å². The molecule has 0 amide bonds. The fourth-order valence-corrected chi connectivity index (χ4v) is 10.8. The van der Waals surface area contributed by atoms with Crippen molar-refractivity contribution in [1.29, 1.82) is 5.41 Å². The normalized spacial score (nSPS) is 25.9. The number of hydrogen-bond donors (Lipinski definition) is 2. The molecular formula is C54H44N2O. The topological polar surface area (TPSA) is 45.1 Å². The number of rotatable bonds is 5. The van der Waals surface area contributed by atoms with Gasteiger partial charge in [-0.25, -0.2) is 0 Å². The Morgan fingerprint density at radius 1 is 0.719 bits per heavy atom. The van der Waals surface area contributed by atoms with Crippen molar-refractivity contribution in [1.82, 2.24) is 5.32 Å². The summed E-state index contributed by atoms with van der Waals surface area (Å²) in [6.45, 7) is 0. The molecule has 7 aliphatic rings. The second kappa shape index (κ2) is 13.6. The average Bonchev–Trinajstić information content (AvgIpc) is 3.58. The molecule has 3 heteroatoms. The number of dihydropyridines is 1. The first kappa shape index (κ1) is 33.9. The highest BCUT2D eigenvalue weighted by Gasteiger charge is 2.56. The number of fused-ring (bicyclic) bond motifs is 8. The van der Waals surface area contributed by atoms with Crippen LogP contribution in [0, 0.1) is 17.2 Å². The van der Waals surface area contributed by atoms with Gasteiger partial charge < -0.3 is 15.5 Å². The second-order valence-corrected chi connectivity index (χ2v) is 16.0. The van der Waals surface area contributed by atoms with Crippen LogP contribution in [0.25, 0.3) is 22.4 Å². The minimum absolute atomic E-state index is 0.0604.